The van der Waals surface area contributed by atoms with Crippen LogP contribution in [-0.2, 0) is 4.74 Å². The predicted octanol–water partition coefficient (Wildman–Crippen LogP) is 2.03. The maximum atomic E-state index is 12.1. The van der Waals surface area contributed by atoms with E-state index in [9.17, 15) is 19.7 Å². The lowest BCUT2D eigenvalue weighted by atomic mass is 10.1. The van der Waals surface area contributed by atoms with Gasteiger partial charge in [-0.1, -0.05) is 6.07 Å². The van der Waals surface area contributed by atoms with Crippen LogP contribution in [0.2, 0.25) is 0 Å². The molecule has 0 spiro atoms. The van der Waals surface area contributed by atoms with Gasteiger partial charge in [0.25, 0.3) is 11.6 Å². The smallest absolute Gasteiger partial charge is 0.341 e. The van der Waals surface area contributed by atoms with Crippen LogP contribution in [0.5, 0.6) is 0 Å². The molecule has 0 fully saturated rings. The van der Waals surface area contributed by atoms with Crippen LogP contribution in [-0.4, -0.2) is 28.9 Å². The Balaban J connectivity index is 2.28. The van der Waals surface area contributed by atoms with Crippen LogP contribution in [0.3, 0.4) is 0 Å². The number of esters is 1. The number of nitrogens with one attached hydrogen (secondary N) is 1. The maximum absolute atomic E-state index is 12.1. The molecule has 2 aromatic rings. The third-order valence-electron chi connectivity index (χ3n) is 2.79. The fourth-order valence-corrected chi connectivity index (χ4v) is 1.73. The number of anilines is 1. The van der Waals surface area contributed by atoms with Gasteiger partial charge in [-0.2, -0.15) is 0 Å². The van der Waals surface area contributed by atoms with Crippen molar-refractivity contribution in [2.24, 2.45) is 0 Å². The molecule has 0 aliphatic carbocycles. The molecule has 1 aromatic carbocycles. The summed E-state index contributed by atoms with van der Waals surface area (Å²) in [6.45, 7) is 0. The Morgan fingerprint density at radius 1 is 1.32 bits per heavy atom. The molecule has 0 unspecified atom stereocenters. The highest BCUT2D eigenvalue weighted by atomic mass is 16.6. The molecule has 0 atom stereocenters. The summed E-state index contributed by atoms with van der Waals surface area (Å²) in [5, 5.41) is 13.2. The van der Waals surface area contributed by atoms with Crippen LogP contribution in [0.15, 0.2) is 42.7 Å². The molecule has 0 aliphatic heterocycles. The molecule has 1 aromatic heterocycles. The van der Waals surface area contributed by atoms with E-state index < -0.39 is 16.8 Å². The van der Waals surface area contributed by atoms with E-state index in [0.29, 0.717) is 0 Å². The molecule has 0 radical (unpaired) electrons. The molecular formula is C14H11N3O5. The van der Waals surface area contributed by atoms with E-state index in [1.54, 1.807) is 0 Å². The summed E-state index contributed by atoms with van der Waals surface area (Å²) in [4.78, 5) is 37.7. The minimum Gasteiger partial charge on any atom is -0.465 e. The molecular weight excluding hydrogens is 290 g/mol. The highest BCUT2D eigenvalue weighted by Gasteiger charge is 2.16. The van der Waals surface area contributed by atoms with Crippen LogP contribution in [0.25, 0.3) is 0 Å². The van der Waals surface area contributed by atoms with Gasteiger partial charge in [-0.25, -0.2) is 4.79 Å². The van der Waals surface area contributed by atoms with E-state index in [2.05, 4.69) is 15.0 Å². The van der Waals surface area contributed by atoms with E-state index in [-0.39, 0.29) is 22.5 Å². The number of amides is 1. The van der Waals surface area contributed by atoms with Crippen LogP contribution in [0.1, 0.15) is 20.7 Å². The second-order valence-corrected chi connectivity index (χ2v) is 4.17. The number of nitro benzene ring substituents is 1. The quantitative estimate of drug-likeness (QED) is 0.525. The van der Waals surface area contributed by atoms with Crippen molar-refractivity contribution in [3.63, 3.8) is 0 Å². The van der Waals surface area contributed by atoms with Gasteiger partial charge >= 0.3 is 5.97 Å². The molecule has 1 N–H and O–H groups in total. The summed E-state index contributed by atoms with van der Waals surface area (Å²) in [5.74, 6) is -1.23. The second-order valence-electron chi connectivity index (χ2n) is 4.17. The van der Waals surface area contributed by atoms with Gasteiger partial charge in [0.15, 0.2) is 0 Å². The van der Waals surface area contributed by atoms with Crippen molar-refractivity contribution in [1.29, 1.82) is 0 Å². The van der Waals surface area contributed by atoms with Gasteiger partial charge in [-0.05, 0) is 12.1 Å². The summed E-state index contributed by atoms with van der Waals surface area (Å²) < 4.78 is 4.60. The third kappa shape index (κ3) is 3.23. The van der Waals surface area contributed by atoms with E-state index in [0.717, 1.165) is 6.07 Å². The Morgan fingerprint density at radius 3 is 2.77 bits per heavy atom. The molecule has 112 valence electrons. The molecule has 2 rings (SSSR count). The van der Waals surface area contributed by atoms with Crippen molar-refractivity contribution in [2.45, 2.75) is 0 Å². The minimum atomic E-state index is -0.651. The SMILES string of the molecule is COC(=O)c1cnccc1NC(=O)c1cccc([N+](=O)[O-])c1. The highest BCUT2D eigenvalue weighted by molar-refractivity contribution is 6.08. The number of nitro groups is 1. The molecule has 22 heavy (non-hydrogen) atoms. The number of ether oxygens (including phenoxy) is 1. The summed E-state index contributed by atoms with van der Waals surface area (Å²) in [6, 6.07) is 6.70. The van der Waals surface area contributed by atoms with Crippen molar-refractivity contribution >= 4 is 23.3 Å². The Hall–Kier alpha value is -3.29. The number of hydrogen-bond donors (Lipinski definition) is 1. The average Bonchev–Trinajstić information content (AvgIpc) is 2.54. The molecule has 8 nitrogen and oxygen atoms in total. The summed E-state index contributed by atoms with van der Waals surface area (Å²) in [5.41, 5.74) is 0.194. The lowest BCUT2D eigenvalue weighted by molar-refractivity contribution is -0.384. The molecule has 8 heteroatoms. The predicted molar refractivity (Wildman–Crippen MR) is 76.6 cm³/mol. The van der Waals surface area contributed by atoms with Crippen LogP contribution in [0.4, 0.5) is 11.4 Å². The lowest BCUT2D eigenvalue weighted by Crippen LogP contribution is -2.15. The first-order valence-corrected chi connectivity index (χ1v) is 6.11. The van der Waals surface area contributed by atoms with E-state index in [1.807, 2.05) is 0 Å². The Kier molecular flexibility index (Phi) is 4.42. The lowest BCUT2D eigenvalue weighted by Gasteiger charge is -2.09. The number of carbonyl (C=O) groups excluding carboxylic acids is 2. The maximum Gasteiger partial charge on any atom is 0.341 e. The number of benzene rings is 1. The number of pyridine rings is 1. The molecule has 1 heterocycles. The number of rotatable bonds is 4. The van der Waals surface area contributed by atoms with Crippen LogP contribution < -0.4 is 5.32 Å². The molecule has 1 amide bonds. The molecule has 0 saturated heterocycles. The topological polar surface area (TPSA) is 111 Å². The Labute approximate surface area is 124 Å². The zero-order chi connectivity index (χ0) is 16.1. The summed E-state index contributed by atoms with van der Waals surface area (Å²) in [6.07, 6.45) is 2.66. The van der Waals surface area contributed by atoms with Crippen molar-refractivity contribution < 1.29 is 19.2 Å². The second kappa shape index (κ2) is 6.44. The van der Waals surface area contributed by atoms with Gasteiger partial charge in [-0.15, -0.1) is 0 Å². The number of aromatic nitrogens is 1. The standard InChI is InChI=1S/C14H11N3O5/c1-22-14(19)11-8-15-6-5-12(11)16-13(18)9-3-2-4-10(7-9)17(20)21/h2-8H,1H3,(H,15,16,18). The van der Waals surface area contributed by atoms with Crippen molar-refractivity contribution in [2.75, 3.05) is 12.4 Å². The zero-order valence-corrected chi connectivity index (χ0v) is 11.5. The van der Waals surface area contributed by atoms with Gasteiger partial charge in [0.1, 0.15) is 5.56 Å². The van der Waals surface area contributed by atoms with Gasteiger partial charge in [0.2, 0.25) is 0 Å². The van der Waals surface area contributed by atoms with E-state index in [1.165, 1.54) is 43.8 Å². The van der Waals surface area contributed by atoms with Crippen molar-refractivity contribution in [1.82, 2.24) is 4.98 Å². The van der Waals surface area contributed by atoms with Gasteiger partial charge in [0.05, 0.1) is 17.7 Å². The first kappa shape index (κ1) is 15.1. The molecule has 0 aliphatic rings. The number of hydrogen-bond acceptors (Lipinski definition) is 6. The number of methoxy groups -OCH3 is 1. The Bertz CT molecular complexity index is 745. The van der Waals surface area contributed by atoms with E-state index in [4.69, 9.17) is 0 Å². The van der Waals surface area contributed by atoms with Gasteiger partial charge in [0, 0.05) is 30.1 Å². The summed E-state index contributed by atoms with van der Waals surface area (Å²) >= 11 is 0. The largest absolute Gasteiger partial charge is 0.465 e. The monoisotopic (exact) mass is 301 g/mol. The van der Waals surface area contributed by atoms with Crippen LogP contribution in [0, 0.1) is 10.1 Å². The first-order chi connectivity index (χ1) is 10.5. The van der Waals surface area contributed by atoms with Crippen LogP contribution >= 0.6 is 0 Å². The zero-order valence-electron chi connectivity index (χ0n) is 11.5. The number of carbonyl (C=O) groups is 2. The third-order valence-corrected chi connectivity index (χ3v) is 2.79. The highest BCUT2D eigenvalue weighted by Crippen LogP contribution is 2.18. The average molecular weight is 301 g/mol. The summed E-state index contributed by atoms with van der Waals surface area (Å²) in [7, 11) is 1.21. The Morgan fingerprint density at radius 2 is 2.09 bits per heavy atom. The fraction of sp³-hybridized carbons (Fsp3) is 0.0714. The molecule has 0 bridgehead atoms. The first-order valence-electron chi connectivity index (χ1n) is 6.11. The fourth-order valence-electron chi connectivity index (χ4n) is 1.73. The van der Waals surface area contributed by atoms with Crippen molar-refractivity contribution in [3.8, 4) is 0 Å². The molecule has 0 saturated carbocycles. The van der Waals surface area contributed by atoms with Gasteiger partial charge < -0.3 is 10.1 Å². The minimum absolute atomic E-state index is 0.0868. The normalized spacial score (nSPS) is 9.86. The number of non-ortho nitro benzene ring substituents is 1. The van der Waals surface area contributed by atoms with Gasteiger partial charge in [-0.3, -0.25) is 19.9 Å². The van der Waals surface area contributed by atoms with Crippen molar-refractivity contribution in [3.05, 3.63) is 64.0 Å². The van der Waals surface area contributed by atoms with E-state index >= 15 is 0 Å². The number of nitrogens with zero attached hydrogens (tertiary/aromatic N) is 2.